The first-order valence-corrected chi connectivity index (χ1v) is 12.5. The Labute approximate surface area is 209 Å². The summed E-state index contributed by atoms with van der Waals surface area (Å²) in [6, 6.07) is 25.2. The van der Waals surface area contributed by atoms with E-state index in [2.05, 4.69) is 5.16 Å². The average Bonchev–Trinajstić information content (AvgIpc) is 3.38. The summed E-state index contributed by atoms with van der Waals surface area (Å²) >= 11 is 0. The summed E-state index contributed by atoms with van der Waals surface area (Å²) in [5, 5.41) is 16.2. The first-order valence-electron chi connectivity index (χ1n) is 12.5. The fraction of sp³-hybridized carbons (Fsp3) is 0.310. The molecule has 3 aliphatic heterocycles. The van der Waals surface area contributed by atoms with E-state index in [4.69, 9.17) is 14.2 Å². The van der Waals surface area contributed by atoms with Crippen LogP contribution in [0.15, 0.2) is 89.5 Å². The Bertz CT molecular complexity index is 1280. The normalized spacial score (nSPS) is 23.5. The van der Waals surface area contributed by atoms with Crippen LogP contribution in [0.3, 0.4) is 0 Å². The highest BCUT2D eigenvalue weighted by Gasteiger charge is 2.48. The molecule has 4 heterocycles. The molecular weight excluding hydrogens is 457 g/mol. The fourth-order valence-corrected chi connectivity index (χ4v) is 5.83. The van der Waals surface area contributed by atoms with Gasteiger partial charge in [-0.15, -0.1) is 0 Å². The molecule has 1 atom stereocenters. The number of hydrogen-bond acceptors (Lipinski definition) is 5. The van der Waals surface area contributed by atoms with Crippen molar-refractivity contribution in [1.29, 1.82) is 0 Å². The van der Waals surface area contributed by atoms with Gasteiger partial charge in [0.25, 0.3) is 5.89 Å². The van der Waals surface area contributed by atoms with Crippen LogP contribution < -0.4 is 4.74 Å². The van der Waals surface area contributed by atoms with Crippen molar-refractivity contribution in [3.05, 3.63) is 114 Å². The summed E-state index contributed by atoms with van der Waals surface area (Å²) in [5.74, 6) is 1.48. The number of aliphatic hydroxyl groups is 1. The summed E-state index contributed by atoms with van der Waals surface area (Å²) in [7, 11) is 0. The van der Waals surface area contributed by atoms with E-state index in [0.29, 0.717) is 35.2 Å². The largest absolute Gasteiger partial charge is 0.484 e. The van der Waals surface area contributed by atoms with E-state index in [-0.39, 0.29) is 17.7 Å². The molecule has 0 unspecified atom stereocenters. The molecule has 3 aromatic carbocycles. The molecule has 6 nitrogen and oxygen atoms in total. The highest BCUT2D eigenvalue weighted by Crippen LogP contribution is 2.39. The smallest absolute Gasteiger partial charge is 0.282 e. The van der Waals surface area contributed by atoms with Crippen molar-refractivity contribution < 1.29 is 23.2 Å². The van der Waals surface area contributed by atoms with Crippen molar-refractivity contribution in [2.75, 3.05) is 19.6 Å². The number of aromatic nitrogens is 2. The number of quaternary nitrogens is 1. The molecule has 0 spiro atoms. The van der Waals surface area contributed by atoms with Crippen molar-refractivity contribution in [3.8, 4) is 5.75 Å². The van der Waals surface area contributed by atoms with Gasteiger partial charge in [0, 0.05) is 24.8 Å². The molecule has 7 rings (SSSR count). The third-order valence-electron chi connectivity index (χ3n) is 7.77. The number of benzene rings is 3. The maximum absolute atomic E-state index is 13.7. The molecule has 3 fully saturated rings. The average molecular weight is 487 g/mol. The molecule has 184 valence electrons. The Balaban J connectivity index is 1.26. The van der Waals surface area contributed by atoms with Crippen LogP contribution in [0.5, 0.6) is 5.75 Å². The molecule has 3 saturated heterocycles. The molecule has 0 amide bonds. The van der Waals surface area contributed by atoms with Crippen LogP contribution in [0.2, 0.25) is 0 Å². The lowest BCUT2D eigenvalue weighted by Gasteiger charge is -2.51. The molecule has 3 aliphatic rings. The summed E-state index contributed by atoms with van der Waals surface area (Å²) < 4.78 is 26.5. The van der Waals surface area contributed by atoms with Gasteiger partial charge in [0.15, 0.2) is 18.2 Å². The Morgan fingerprint density at radius 2 is 1.61 bits per heavy atom. The summed E-state index contributed by atoms with van der Waals surface area (Å²) in [6.07, 6.45) is 2.10. The van der Waals surface area contributed by atoms with E-state index in [1.165, 1.54) is 12.1 Å². The number of halogens is 1. The molecule has 0 saturated carbocycles. The summed E-state index contributed by atoms with van der Waals surface area (Å²) in [5.41, 5.74) is -0.168. The first-order chi connectivity index (χ1) is 17.5. The fourth-order valence-electron chi connectivity index (χ4n) is 5.83. The van der Waals surface area contributed by atoms with Crippen LogP contribution >= 0.6 is 0 Å². The number of rotatable bonds is 7. The van der Waals surface area contributed by atoms with E-state index in [0.717, 1.165) is 37.0 Å². The van der Waals surface area contributed by atoms with Gasteiger partial charge in [0.2, 0.25) is 5.82 Å². The van der Waals surface area contributed by atoms with Gasteiger partial charge >= 0.3 is 0 Å². The van der Waals surface area contributed by atoms with Crippen LogP contribution in [0, 0.1) is 11.7 Å². The predicted octanol–water partition coefficient (Wildman–Crippen LogP) is 4.68. The molecule has 1 aromatic heterocycles. The van der Waals surface area contributed by atoms with Gasteiger partial charge in [-0.05, 0) is 23.3 Å². The molecule has 36 heavy (non-hydrogen) atoms. The van der Waals surface area contributed by atoms with Crippen molar-refractivity contribution in [2.24, 2.45) is 5.92 Å². The van der Waals surface area contributed by atoms with E-state index < -0.39 is 5.60 Å². The Morgan fingerprint density at radius 1 is 0.944 bits per heavy atom. The lowest BCUT2D eigenvalue weighted by molar-refractivity contribution is -0.959. The lowest BCUT2D eigenvalue weighted by atomic mass is 9.83. The molecule has 1 N–H and O–H groups in total. The van der Waals surface area contributed by atoms with Crippen molar-refractivity contribution in [2.45, 2.75) is 31.1 Å². The maximum atomic E-state index is 13.7. The zero-order valence-corrected chi connectivity index (χ0v) is 20.0. The zero-order chi connectivity index (χ0) is 24.6. The van der Waals surface area contributed by atoms with Gasteiger partial charge in [-0.3, -0.25) is 0 Å². The SMILES string of the molecule is OC(c1ccccc1)(c1ccccc1)c1noc(C[N+]23CCC(CC2)[C@@H](Oc2cccc(F)c2)C3)n1. The maximum Gasteiger partial charge on any atom is 0.282 e. The molecule has 4 aromatic rings. The van der Waals surface area contributed by atoms with Gasteiger partial charge in [0.1, 0.15) is 18.1 Å². The minimum Gasteiger partial charge on any atom is -0.484 e. The summed E-state index contributed by atoms with van der Waals surface area (Å²) in [4.78, 5) is 4.73. The monoisotopic (exact) mass is 486 g/mol. The number of ether oxygens (including phenoxy) is 1. The highest BCUT2D eigenvalue weighted by atomic mass is 19.1. The van der Waals surface area contributed by atoms with Gasteiger partial charge in [-0.2, -0.15) is 4.98 Å². The predicted molar refractivity (Wildman–Crippen MR) is 131 cm³/mol. The number of nitrogens with zero attached hydrogens (tertiary/aromatic N) is 3. The molecule has 2 bridgehead atoms. The van der Waals surface area contributed by atoms with Crippen LogP contribution in [0.1, 0.15) is 35.7 Å². The van der Waals surface area contributed by atoms with Crippen molar-refractivity contribution in [1.82, 2.24) is 10.1 Å². The number of piperidine rings is 3. The van der Waals surface area contributed by atoms with E-state index in [1.54, 1.807) is 6.07 Å². The molecule has 7 heteroatoms. The van der Waals surface area contributed by atoms with Gasteiger partial charge in [-0.25, -0.2) is 4.39 Å². The second kappa shape index (κ2) is 9.15. The molecule has 0 radical (unpaired) electrons. The molecule has 0 aliphatic carbocycles. The quantitative estimate of drug-likeness (QED) is 0.384. The highest BCUT2D eigenvalue weighted by molar-refractivity contribution is 5.42. The lowest BCUT2D eigenvalue weighted by Crippen LogP contribution is -2.64. The van der Waals surface area contributed by atoms with Crippen LogP contribution in [0.25, 0.3) is 0 Å². The second-order valence-corrected chi connectivity index (χ2v) is 10.0. The zero-order valence-electron chi connectivity index (χ0n) is 20.0. The van der Waals surface area contributed by atoms with E-state index >= 15 is 0 Å². The van der Waals surface area contributed by atoms with E-state index in [9.17, 15) is 9.50 Å². The van der Waals surface area contributed by atoms with Crippen molar-refractivity contribution in [3.63, 3.8) is 0 Å². The Hall–Kier alpha value is -3.55. The summed E-state index contributed by atoms with van der Waals surface area (Å²) in [6.45, 7) is 3.39. The topological polar surface area (TPSA) is 68.4 Å². The number of fused-ring (bicyclic) bond motifs is 3. The molecular formula is C29H29FN3O3+. The van der Waals surface area contributed by atoms with Crippen LogP contribution in [0.4, 0.5) is 4.39 Å². The Morgan fingerprint density at radius 3 is 2.25 bits per heavy atom. The van der Waals surface area contributed by atoms with Crippen molar-refractivity contribution >= 4 is 0 Å². The minimum atomic E-state index is -1.53. The number of hydrogen-bond donors (Lipinski definition) is 1. The van der Waals surface area contributed by atoms with Crippen LogP contribution in [-0.4, -0.2) is 45.5 Å². The third kappa shape index (κ3) is 4.18. The van der Waals surface area contributed by atoms with E-state index in [1.807, 2.05) is 66.7 Å². The van der Waals surface area contributed by atoms with Crippen LogP contribution in [-0.2, 0) is 12.1 Å². The standard InChI is InChI=1S/C29H29FN3O3/c30-24-12-7-13-25(18-24)35-26-19-33(16-14-21(26)15-17-33)20-27-31-28(32-36-27)29(34,22-8-3-1-4-9-22)23-10-5-2-6-11-23/h1-13,18,21,26,34H,14-17,19-20H2/q+1/t21?,26-,33?/m0/s1. The minimum absolute atomic E-state index is 0.0160. The van der Waals surface area contributed by atoms with Gasteiger partial charge < -0.3 is 18.8 Å². The third-order valence-corrected chi connectivity index (χ3v) is 7.77. The first kappa shape index (κ1) is 22.9. The van der Waals surface area contributed by atoms with Gasteiger partial charge in [-0.1, -0.05) is 71.9 Å². The second-order valence-electron chi connectivity index (χ2n) is 10.0. The Kier molecular flexibility index (Phi) is 5.82. The van der Waals surface area contributed by atoms with Gasteiger partial charge in [0.05, 0.1) is 13.1 Å².